The zero-order chi connectivity index (χ0) is 26.9. The minimum absolute atomic E-state index is 0.0213. The molecule has 3 amide bonds. The third-order valence-corrected chi connectivity index (χ3v) is 6.71. The molecule has 0 saturated carbocycles. The van der Waals surface area contributed by atoms with E-state index in [2.05, 4.69) is 29.4 Å². The summed E-state index contributed by atoms with van der Waals surface area (Å²) in [5, 5.41) is 24.0. The Morgan fingerprint density at radius 2 is 1.71 bits per heavy atom. The number of hydrogen-bond donors (Lipinski definition) is 4. The monoisotopic (exact) mass is 496 g/mol. The van der Waals surface area contributed by atoms with Crippen LogP contribution in [0, 0.1) is 11.8 Å². The van der Waals surface area contributed by atoms with Crippen molar-refractivity contribution in [2.24, 2.45) is 11.8 Å². The fraction of sp³-hybridized carbons (Fsp3) is 0.808. The zero-order valence-corrected chi connectivity index (χ0v) is 22.9. The predicted octanol–water partition coefficient (Wildman–Crippen LogP) is 1.29. The summed E-state index contributed by atoms with van der Waals surface area (Å²) in [5.74, 6) is -0.754. The Balaban J connectivity index is 3.02. The van der Waals surface area contributed by atoms with Gasteiger partial charge < -0.3 is 25.7 Å². The first-order valence-corrected chi connectivity index (χ1v) is 12.9. The number of hydrogen-bond acceptors (Lipinski definition) is 6. The van der Waals surface area contributed by atoms with Crippen LogP contribution in [0.4, 0.5) is 0 Å². The molecule has 0 aromatic rings. The minimum Gasteiger partial charge on any atom is -0.394 e. The Morgan fingerprint density at radius 3 is 2.23 bits per heavy atom. The molecule has 4 N–H and O–H groups in total. The van der Waals surface area contributed by atoms with Crippen LogP contribution in [0.3, 0.4) is 0 Å². The lowest BCUT2D eigenvalue weighted by Crippen LogP contribution is -2.58. The van der Waals surface area contributed by atoms with Gasteiger partial charge in [0.05, 0.1) is 24.8 Å². The molecule has 0 aliphatic carbocycles. The first-order chi connectivity index (χ1) is 16.3. The molecule has 9 heteroatoms. The summed E-state index contributed by atoms with van der Waals surface area (Å²) in [4.78, 5) is 43.1. The number of likely N-dealkylation sites (tertiary alicyclic amines) is 1. The van der Waals surface area contributed by atoms with Crippen molar-refractivity contribution in [3.63, 3.8) is 0 Å². The van der Waals surface area contributed by atoms with E-state index in [0.29, 0.717) is 5.57 Å². The molecule has 35 heavy (non-hydrogen) atoms. The van der Waals surface area contributed by atoms with Crippen LogP contribution in [0.5, 0.6) is 0 Å². The average molecular weight is 497 g/mol. The highest BCUT2D eigenvalue weighted by atomic mass is 16.3. The number of nitrogens with zero attached hydrogens (tertiary/aromatic N) is 2. The fourth-order valence-corrected chi connectivity index (χ4v) is 4.48. The minimum atomic E-state index is -1.02. The lowest BCUT2D eigenvalue weighted by atomic mass is 9.95. The molecule has 9 nitrogen and oxygen atoms in total. The van der Waals surface area contributed by atoms with Crippen LogP contribution < -0.4 is 10.6 Å². The predicted molar refractivity (Wildman–Crippen MR) is 138 cm³/mol. The second-order valence-electron chi connectivity index (χ2n) is 10.7. The van der Waals surface area contributed by atoms with Crippen LogP contribution in [-0.4, -0.2) is 94.7 Å². The van der Waals surface area contributed by atoms with Gasteiger partial charge in [-0.15, -0.1) is 0 Å². The molecule has 202 valence electrons. The van der Waals surface area contributed by atoms with Gasteiger partial charge in [-0.3, -0.25) is 19.3 Å². The number of carbonyl (C=O) groups is 3. The van der Waals surface area contributed by atoms with Crippen molar-refractivity contribution in [2.45, 2.75) is 98.0 Å². The molecular weight excluding hydrogens is 448 g/mol. The standard InChI is InChI=1S/C26H48N4O5/c1-16(2)22(13-19(7)24(33)27-14-20(32)15-31)29(8)26(35)23(17(3)4)28-25(34)21-11-9-10-12-30(21)18(5)6/h13,16-18,20-23,31-32H,9-12,14-15H2,1-8H3,(H,27,33)(H,28,34)/b19-13+/t20-,21?,22?,23?/m0/s1. The van der Waals surface area contributed by atoms with Crippen LogP contribution in [-0.2, 0) is 14.4 Å². The van der Waals surface area contributed by atoms with Gasteiger partial charge in [0.25, 0.3) is 0 Å². The number of aliphatic hydroxyl groups excluding tert-OH is 2. The summed E-state index contributed by atoms with van der Waals surface area (Å²) >= 11 is 0. The zero-order valence-electron chi connectivity index (χ0n) is 22.9. The smallest absolute Gasteiger partial charge is 0.246 e. The van der Waals surface area contributed by atoms with Crippen molar-refractivity contribution >= 4 is 17.7 Å². The van der Waals surface area contributed by atoms with Gasteiger partial charge in [0.15, 0.2) is 0 Å². The summed E-state index contributed by atoms with van der Waals surface area (Å²) in [6.07, 6.45) is 3.58. The highest BCUT2D eigenvalue weighted by molar-refractivity contribution is 5.93. The van der Waals surface area contributed by atoms with E-state index in [4.69, 9.17) is 5.11 Å². The highest BCUT2D eigenvalue weighted by Gasteiger charge is 2.36. The largest absolute Gasteiger partial charge is 0.394 e. The molecule has 3 unspecified atom stereocenters. The van der Waals surface area contributed by atoms with Gasteiger partial charge in [-0.25, -0.2) is 0 Å². The molecule has 1 rings (SSSR count). The third kappa shape index (κ3) is 9.20. The van der Waals surface area contributed by atoms with E-state index in [1.165, 1.54) is 0 Å². The van der Waals surface area contributed by atoms with Crippen LogP contribution in [0.25, 0.3) is 0 Å². The van der Waals surface area contributed by atoms with Crippen molar-refractivity contribution in [3.8, 4) is 0 Å². The molecule has 0 bridgehead atoms. The van der Waals surface area contributed by atoms with E-state index in [0.717, 1.165) is 25.8 Å². The van der Waals surface area contributed by atoms with Crippen LogP contribution in [0.2, 0.25) is 0 Å². The molecule has 0 spiro atoms. The van der Waals surface area contributed by atoms with Crippen LogP contribution in [0.15, 0.2) is 11.6 Å². The van der Waals surface area contributed by atoms with Crippen molar-refractivity contribution < 1.29 is 24.6 Å². The first-order valence-electron chi connectivity index (χ1n) is 12.9. The molecule has 0 aromatic carbocycles. The maximum atomic E-state index is 13.6. The second-order valence-corrected chi connectivity index (χ2v) is 10.7. The molecule has 1 fully saturated rings. The second kappa shape index (κ2) is 14.6. The van der Waals surface area contributed by atoms with Crippen molar-refractivity contribution in [1.29, 1.82) is 0 Å². The van der Waals surface area contributed by atoms with E-state index < -0.39 is 18.8 Å². The maximum Gasteiger partial charge on any atom is 0.246 e. The first kappa shape index (κ1) is 31.1. The fourth-order valence-electron chi connectivity index (χ4n) is 4.48. The number of likely N-dealkylation sites (N-methyl/N-ethyl adjacent to an activating group) is 1. The van der Waals surface area contributed by atoms with E-state index >= 15 is 0 Å². The number of rotatable bonds is 12. The summed E-state index contributed by atoms with van der Waals surface area (Å²) in [6, 6.07) is -1.02. The Morgan fingerprint density at radius 1 is 1.09 bits per heavy atom. The number of piperidine rings is 1. The molecule has 1 heterocycles. The van der Waals surface area contributed by atoms with Gasteiger partial charge in [0.2, 0.25) is 17.7 Å². The Labute approximate surface area is 211 Å². The van der Waals surface area contributed by atoms with Gasteiger partial charge in [0.1, 0.15) is 6.04 Å². The third-order valence-electron chi connectivity index (χ3n) is 6.71. The van der Waals surface area contributed by atoms with Crippen LogP contribution in [0.1, 0.15) is 67.7 Å². The molecule has 1 saturated heterocycles. The molecule has 1 aliphatic rings. The van der Waals surface area contributed by atoms with Gasteiger partial charge in [-0.1, -0.05) is 40.2 Å². The lowest BCUT2D eigenvalue weighted by Gasteiger charge is -2.39. The highest BCUT2D eigenvalue weighted by Crippen LogP contribution is 2.21. The molecule has 1 aliphatic heterocycles. The summed E-state index contributed by atoms with van der Waals surface area (Å²) in [7, 11) is 1.70. The number of amides is 3. The van der Waals surface area contributed by atoms with Gasteiger partial charge in [0, 0.05) is 25.2 Å². The molecule has 0 aromatic heterocycles. The van der Waals surface area contributed by atoms with E-state index in [1.54, 1.807) is 24.9 Å². The van der Waals surface area contributed by atoms with Gasteiger partial charge >= 0.3 is 0 Å². The normalized spacial score (nSPS) is 20.0. The van der Waals surface area contributed by atoms with Crippen molar-refractivity contribution in [1.82, 2.24) is 20.4 Å². The summed E-state index contributed by atoms with van der Waals surface area (Å²) < 4.78 is 0. The molecule has 0 radical (unpaired) electrons. The quantitative estimate of drug-likeness (QED) is 0.302. The van der Waals surface area contributed by atoms with E-state index in [1.807, 2.05) is 27.7 Å². The van der Waals surface area contributed by atoms with E-state index in [-0.39, 0.29) is 54.2 Å². The topological polar surface area (TPSA) is 122 Å². The average Bonchev–Trinajstić information content (AvgIpc) is 2.82. The summed E-state index contributed by atoms with van der Waals surface area (Å²) in [5.41, 5.74) is 0.411. The number of aliphatic hydroxyl groups is 2. The number of carbonyl (C=O) groups excluding carboxylic acids is 3. The Bertz CT molecular complexity index is 737. The van der Waals surface area contributed by atoms with Crippen molar-refractivity contribution in [2.75, 3.05) is 26.7 Å². The van der Waals surface area contributed by atoms with E-state index in [9.17, 15) is 19.5 Å². The Hall–Kier alpha value is -1.97. The Kier molecular flexibility index (Phi) is 12.9. The number of nitrogens with one attached hydrogen (secondary N) is 2. The maximum absolute atomic E-state index is 13.6. The van der Waals surface area contributed by atoms with Crippen molar-refractivity contribution in [3.05, 3.63) is 11.6 Å². The molecule has 4 atom stereocenters. The summed E-state index contributed by atoms with van der Waals surface area (Å²) in [6.45, 7) is 14.0. The SMILES string of the molecule is C/C(=C\C(C(C)C)N(C)C(=O)C(NC(=O)C1CCCCN1C(C)C)C(C)C)C(=O)NC[C@H](O)CO. The van der Waals surface area contributed by atoms with Gasteiger partial charge in [-0.05, 0) is 52.0 Å². The van der Waals surface area contributed by atoms with Crippen LogP contribution >= 0.6 is 0 Å². The lowest BCUT2D eigenvalue weighted by molar-refractivity contribution is -0.140. The molecular formula is C26H48N4O5. The van der Waals surface area contributed by atoms with Gasteiger partial charge in [-0.2, -0.15) is 0 Å².